The van der Waals surface area contributed by atoms with Crippen molar-refractivity contribution in [3.05, 3.63) is 81.9 Å². The molecule has 38 heavy (non-hydrogen) atoms. The van der Waals surface area contributed by atoms with Gasteiger partial charge in [0.05, 0.1) is 29.0 Å². The van der Waals surface area contributed by atoms with Gasteiger partial charge in [0.15, 0.2) is 11.6 Å². The molecule has 0 saturated carbocycles. The number of benzene rings is 3. The number of ether oxygens (including phenoxy) is 3. The number of hydrogen-bond donors (Lipinski definition) is 2. The molecule has 1 aromatic heterocycles. The first-order chi connectivity index (χ1) is 18.1. The number of methoxy groups -OCH3 is 1. The molecule has 198 valence electrons. The van der Waals surface area contributed by atoms with Crippen molar-refractivity contribution in [2.24, 2.45) is 5.92 Å². The van der Waals surface area contributed by atoms with E-state index in [9.17, 15) is 23.8 Å². The lowest BCUT2D eigenvalue weighted by Gasteiger charge is -2.43. The van der Waals surface area contributed by atoms with E-state index in [1.807, 2.05) is 13.8 Å². The van der Waals surface area contributed by atoms with Gasteiger partial charge in [-0.15, -0.1) is 11.3 Å². The van der Waals surface area contributed by atoms with Crippen LogP contribution in [0.2, 0.25) is 0 Å². The van der Waals surface area contributed by atoms with E-state index in [1.54, 1.807) is 30.3 Å². The minimum atomic E-state index is -1.05. The first-order valence-electron chi connectivity index (χ1n) is 11.8. The van der Waals surface area contributed by atoms with Crippen molar-refractivity contribution < 1.29 is 38.0 Å². The van der Waals surface area contributed by atoms with E-state index in [4.69, 9.17) is 14.2 Å². The van der Waals surface area contributed by atoms with Crippen LogP contribution in [-0.2, 0) is 13.0 Å². The molecule has 2 unspecified atom stereocenters. The summed E-state index contributed by atoms with van der Waals surface area (Å²) in [7, 11) is 1.51. The van der Waals surface area contributed by atoms with Crippen LogP contribution >= 0.6 is 11.3 Å². The smallest absolute Gasteiger partial charge is 0.335 e. The number of hydrogen-bond acceptors (Lipinski definition) is 7. The standard InChI is InChI=1S/C28H25F2NO6S/c1-28(2)18(9-15-8-14(27(33)34)4-6-22(15)35-3)26(32)17-10-16(5-7-23(17)37-28)36-13-25-31-21-11-19(29)20(30)12-24(21)38-25/h4-8,10-12,18,26,32H,9,13H2,1-3H3,(H,33,34). The largest absolute Gasteiger partial charge is 0.496 e. The maximum absolute atomic E-state index is 13.5. The highest BCUT2D eigenvalue weighted by molar-refractivity contribution is 7.18. The Hall–Kier alpha value is -3.76. The number of aliphatic hydroxyl groups excluding tert-OH is 1. The van der Waals surface area contributed by atoms with E-state index < -0.39 is 35.2 Å². The molecule has 0 saturated heterocycles. The van der Waals surface area contributed by atoms with Crippen LogP contribution in [0.1, 0.15) is 46.4 Å². The van der Waals surface area contributed by atoms with Gasteiger partial charge in [0.1, 0.15) is 34.5 Å². The maximum Gasteiger partial charge on any atom is 0.335 e. The highest BCUT2D eigenvalue weighted by atomic mass is 32.1. The van der Waals surface area contributed by atoms with Crippen molar-refractivity contribution in [2.75, 3.05) is 7.11 Å². The summed E-state index contributed by atoms with van der Waals surface area (Å²) < 4.78 is 45.1. The summed E-state index contributed by atoms with van der Waals surface area (Å²) in [6.45, 7) is 3.83. The number of aliphatic hydroxyl groups is 1. The summed E-state index contributed by atoms with van der Waals surface area (Å²) in [4.78, 5) is 15.8. The van der Waals surface area contributed by atoms with Gasteiger partial charge in [-0.25, -0.2) is 18.6 Å². The first-order valence-corrected chi connectivity index (χ1v) is 12.7. The molecule has 0 fully saturated rings. The van der Waals surface area contributed by atoms with Crippen molar-refractivity contribution in [1.82, 2.24) is 4.98 Å². The second kappa shape index (κ2) is 9.85. The predicted molar refractivity (Wildman–Crippen MR) is 137 cm³/mol. The number of carbonyl (C=O) groups is 1. The van der Waals surface area contributed by atoms with E-state index >= 15 is 0 Å². The normalized spacial score (nSPS) is 18.1. The minimum Gasteiger partial charge on any atom is -0.496 e. The van der Waals surface area contributed by atoms with E-state index in [2.05, 4.69) is 4.98 Å². The Bertz CT molecular complexity index is 1500. The van der Waals surface area contributed by atoms with Crippen molar-refractivity contribution in [1.29, 1.82) is 0 Å². The SMILES string of the molecule is COc1ccc(C(=O)O)cc1CC1C(O)c2cc(OCc3nc4cc(F)c(F)cc4s3)ccc2OC1(C)C. The van der Waals surface area contributed by atoms with E-state index in [0.29, 0.717) is 50.0 Å². The fourth-order valence-electron chi connectivity index (χ4n) is 4.74. The molecule has 4 aromatic rings. The number of halogens is 2. The van der Waals surface area contributed by atoms with E-state index in [1.165, 1.54) is 24.5 Å². The Kier molecular flexibility index (Phi) is 6.70. The highest BCUT2D eigenvalue weighted by Crippen LogP contribution is 2.47. The monoisotopic (exact) mass is 541 g/mol. The highest BCUT2D eigenvalue weighted by Gasteiger charge is 2.43. The molecule has 10 heteroatoms. The fourth-order valence-corrected chi connectivity index (χ4v) is 5.63. The number of fused-ring (bicyclic) bond motifs is 2. The summed E-state index contributed by atoms with van der Waals surface area (Å²) >= 11 is 1.21. The van der Waals surface area contributed by atoms with Crippen LogP contribution in [0.4, 0.5) is 8.78 Å². The molecule has 2 N–H and O–H groups in total. The quantitative estimate of drug-likeness (QED) is 0.300. The number of carboxylic acid groups (broad SMARTS) is 1. The Morgan fingerprint density at radius 3 is 2.63 bits per heavy atom. The molecule has 3 aromatic carbocycles. The molecule has 0 spiro atoms. The first kappa shape index (κ1) is 25.9. The number of rotatable bonds is 7. The zero-order chi connectivity index (χ0) is 27.2. The Morgan fingerprint density at radius 2 is 1.89 bits per heavy atom. The third-order valence-corrected chi connectivity index (χ3v) is 7.74. The lowest BCUT2D eigenvalue weighted by molar-refractivity contribution is -0.0537. The Balaban J connectivity index is 1.38. The average molecular weight is 542 g/mol. The van der Waals surface area contributed by atoms with Gasteiger partial charge in [0.25, 0.3) is 0 Å². The van der Waals surface area contributed by atoms with Gasteiger partial charge < -0.3 is 24.4 Å². The van der Waals surface area contributed by atoms with Crippen LogP contribution in [0.25, 0.3) is 10.2 Å². The third kappa shape index (κ3) is 4.89. The molecule has 2 atom stereocenters. The summed E-state index contributed by atoms with van der Waals surface area (Å²) in [5.74, 6) is -1.86. The van der Waals surface area contributed by atoms with Gasteiger partial charge in [-0.3, -0.25) is 0 Å². The lowest BCUT2D eigenvalue weighted by atomic mass is 9.76. The summed E-state index contributed by atoms with van der Waals surface area (Å²) in [6.07, 6.45) is -0.633. The van der Waals surface area contributed by atoms with Crippen molar-refractivity contribution in [3.63, 3.8) is 0 Å². The Labute approximate surface area is 221 Å². The number of nitrogens with zero attached hydrogens (tertiary/aromatic N) is 1. The van der Waals surface area contributed by atoms with Gasteiger partial charge in [-0.05, 0) is 68.3 Å². The third-order valence-electron chi connectivity index (χ3n) is 6.75. The second-order valence-corrected chi connectivity index (χ2v) is 10.7. The van der Waals surface area contributed by atoms with Crippen LogP contribution < -0.4 is 14.2 Å². The van der Waals surface area contributed by atoms with Gasteiger partial charge >= 0.3 is 5.97 Å². The second-order valence-electron chi connectivity index (χ2n) is 9.62. The molecular formula is C28H25F2NO6S. The van der Waals surface area contributed by atoms with Crippen LogP contribution in [0, 0.1) is 17.6 Å². The van der Waals surface area contributed by atoms with Gasteiger partial charge in [-0.1, -0.05) is 0 Å². The van der Waals surface area contributed by atoms with Crippen molar-refractivity contribution in [2.45, 2.75) is 38.6 Å². The number of thiazole rings is 1. The van der Waals surface area contributed by atoms with Crippen molar-refractivity contribution in [3.8, 4) is 17.2 Å². The summed E-state index contributed by atoms with van der Waals surface area (Å²) in [5, 5.41) is 21.4. The maximum atomic E-state index is 13.5. The van der Waals surface area contributed by atoms with Gasteiger partial charge in [0.2, 0.25) is 0 Å². The molecule has 1 aliphatic heterocycles. The van der Waals surface area contributed by atoms with Crippen LogP contribution in [-0.4, -0.2) is 33.9 Å². The summed E-state index contributed by atoms with van der Waals surface area (Å²) in [6, 6.07) is 11.9. The fraction of sp³-hybridized carbons (Fsp3) is 0.286. The zero-order valence-corrected chi connectivity index (χ0v) is 21.6. The average Bonchev–Trinajstić information content (AvgIpc) is 3.26. The summed E-state index contributed by atoms with van der Waals surface area (Å²) in [5.41, 5.74) is 0.890. The zero-order valence-electron chi connectivity index (χ0n) is 20.8. The van der Waals surface area contributed by atoms with E-state index in [0.717, 1.165) is 12.1 Å². The molecule has 0 bridgehead atoms. The molecule has 5 rings (SSSR count). The Morgan fingerprint density at radius 1 is 1.13 bits per heavy atom. The van der Waals surface area contributed by atoms with Crippen LogP contribution in [0.3, 0.4) is 0 Å². The molecular weight excluding hydrogens is 516 g/mol. The number of aromatic carboxylic acids is 1. The molecule has 7 nitrogen and oxygen atoms in total. The van der Waals surface area contributed by atoms with Crippen LogP contribution in [0.15, 0.2) is 48.5 Å². The predicted octanol–water partition coefficient (Wildman–Crippen LogP) is 5.92. The van der Waals surface area contributed by atoms with Gasteiger partial charge in [-0.2, -0.15) is 0 Å². The molecule has 2 heterocycles. The molecule has 0 radical (unpaired) electrons. The molecule has 0 amide bonds. The number of carboxylic acids is 1. The minimum absolute atomic E-state index is 0.0758. The van der Waals surface area contributed by atoms with E-state index in [-0.39, 0.29) is 12.2 Å². The van der Waals surface area contributed by atoms with Crippen LogP contribution in [0.5, 0.6) is 17.2 Å². The lowest BCUT2D eigenvalue weighted by Crippen LogP contribution is -2.45. The molecule has 1 aliphatic rings. The number of aromatic nitrogens is 1. The topological polar surface area (TPSA) is 98.1 Å². The molecule has 0 aliphatic carbocycles. The van der Waals surface area contributed by atoms with Crippen molar-refractivity contribution >= 4 is 27.5 Å². The van der Waals surface area contributed by atoms with Gasteiger partial charge in [0, 0.05) is 17.5 Å².